The maximum atomic E-state index is 5.71. The molecule has 0 aliphatic rings. The molecule has 1 rings (SSSR count). The molecule has 0 saturated carbocycles. The molecule has 0 radical (unpaired) electrons. The zero-order valence-electron chi connectivity index (χ0n) is 7.79. The topological polar surface area (TPSA) is 50.9 Å². The minimum Gasteiger partial charge on any atom is -0.396 e. The first-order valence-corrected chi connectivity index (χ1v) is 5.67. The summed E-state index contributed by atoms with van der Waals surface area (Å²) < 4.78 is 0. The van der Waals surface area contributed by atoms with Crippen molar-refractivity contribution in [1.29, 1.82) is 0 Å². The lowest BCUT2D eigenvalue weighted by molar-refractivity contribution is 0.983. The summed E-state index contributed by atoms with van der Waals surface area (Å²) in [5.74, 6) is 1.96. The second-order valence-electron chi connectivity index (χ2n) is 2.71. The first-order chi connectivity index (χ1) is 6.34. The van der Waals surface area contributed by atoms with Crippen molar-refractivity contribution >= 4 is 23.3 Å². The molecule has 0 saturated heterocycles. The standard InChI is InChI=1S/C9H15N3S/c1-13-7-3-6-12-9-8(10)4-2-5-11-9/h2,4-5H,3,6-7,10H2,1H3,(H,11,12). The number of nitrogens with one attached hydrogen (secondary N) is 1. The van der Waals surface area contributed by atoms with Crippen LogP contribution in [0.2, 0.25) is 0 Å². The van der Waals surface area contributed by atoms with Gasteiger partial charge in [-0.1, -0.05) is 0 Å². The van der Waals surface area contributed by atoms with Gasteiger partial charge in [0, 0.05) is 12.7 Å². The predicted molar refractivity (Wildman–Crippen MR) is 60.1 cm³/mol. The van der Waals surface area contributed by atoms with Crippen LogP contribution in [0.4, 0.5) is 11.5 Å². The lowest BCUT2D eigenvalue weighted by Crippen LogP contribution is -2.06. The Labute approximate surface area is 83.1 Å². The summed E-state index contributed by atoms with van der Waals surface area (Å²) in [5, 5.41) is 3.20. The Hall–Kier alpha value is -0.900. The fraction of sp³-hybridized carbons (Fsp3) is 0.444. The number of rotatable bonds is 5. The molecule has 0 fully saturated rings. The molecule has 0 atom stereocenters. The highest BCUT2D eigenvalue weighted by Gasteiger charge is 1.96. The zero-order valence-corrected chi connectivity index (χ0v) is 8.60. The van der Waals surface area contributed by atoms with Gasteiger partial charge in [-0.05, 0) is 30.6 Å². The highest BCUT2D eigenvalue weighted by atomic mass is 32.2. The Kier molecular flexibility index (Phi) is 4.46. The molecule has 13 heavy (non-hydrogen) atoms. The van der Waals surface area contributed by atoms with E-state index >= 15 is 0 Å². The van der Waals surface area contributed by atoms with Crippen LogP contribution in [0, 0.1) is 0 Å². The summed E-state index contributed by atoms with van der Waals surface area (Å²) >= 11 is 1.85. The van der Waals surface area contributed by atoms with Gasteiger partial charge in [-0.3, -0.25) is 0 Å². The van der Waals surface area contributed by atoms with Crippen molar-refractivity contribution in [3.05, 3.63) is 18.3 Å². The minimum atomic E-state index is 0.714. The number of anilines is 2. The average molecular weight is 197 g/mol. The Morgan fingerprint density at radius 2 is 2.46 bits per heavy atom. The van der Waals surface area contributed by atoms with E-state index in [1.54, 1.807) is 6.20 Å². The van der Waals surface area contributed by atoms with Crippen molar-refractivity contribution in [2.75, 3.05) is 29.6 Å². The third kappa shape index (κ3) is 3.55. The van der Waals surface area contributed by atoms with Crippen molar-refractivity contribution in [2.45, 2.75) is 6.42 Å². The number of nitrogens with two attached hydrogens (primary N) is 1. The van der Waals surface area contributed by atoms with E-state index in [1.165, 1.54) is 5.75 Å². The molecule has 0 aliphatic carbocycles. The number of pyridine rings is 1. The smallest absolute Gasteiger partial charge is 0.149 e. The number of hydrogen-bond acceptors (Lipinski definition) is 4. The van der Waals surface area contributed by atoms with Crippen molar-refractivity contribution < 1.29 is 0 Å². The van der Waals surface area contributed by atoms with Gasteiger partial charge < -0.3 is 11.1 Å². The third-order valence-corrected chi connectivity index (χ3v) is 2.35. The van der Waals surface area contributed by atoms with Crippen LogP contribution >= 0.6 is 11.8 Å². The lowest BCUT2D eigenvalue weighted by Gasteiger charge is -2.06. The normalized spacial score (nSPS) is 9.92. The molecule has 3 N–H and O–H groups in total. The fourth-order valence-corrected chi connectivity index (χ4v) is 1.42. The van der Waals surface area contributed by atoms with Gasteiger partial charge in [0.25, 0.3) is 0 Å². The fourth-order valence-electron chi connectivity index (χ4n) is 0.989. The van der Waals surface area contributed by atoms with Gasteiger partial charge in [-0.15, -0.1) is 0 Å². The summed E-state index contributed by atoms with van der Waals surface area (Å²) in [6.45, 7) is 0.933. The molecule has 0 bridgehead atoms. The van der Waals surface area contributed by atoms with Crippen LogP contribution in [-0.2, 0) is 0 Å². The Morgan fingerprint density at radius 1 is 1.62 bits per heavy atom. The molecule has 0 amide bonds. The third-order valence-electron chi connectivity index (χ3n) is 1.66. The maximum absolute atomic E-state index is 5.71. The maximum Gasteiger partial charge on any atom is 0.149 e. The molecule has 1 aromatic rings. The summed E-state index contributed by atoms with van der Waals surface area (Å²) in [6.07, 6.45) is 4.99. The molecular weight excluding hydrogens is 182 g/mol. The zero-order chi connectivity index (χ0) is 9.52. The highest BCUT2D eigenvalue weighted by Crippen LogP contribution is 2.12. The lowest BCUT2D eigenvalue weighted by atomic mass is 10.4. The van der Waals surface area contributed by atoms with Crippen LogP contribution in [-0.4, -0.2) is 23.5 Å². The van der Waals surface area contributed by atoms with Crippen LogP contribution in [0.25, 0.3) is 0 Å². The van der Waals surface area contributed by atoms with Gasteiger partial charge in [0.1, 0.15) is 5.82 Å². The van der Waals surface area contributed by atoms with Crippen molar-refractivity contribution in [2.24, 2.45) is 0 Å². The van der Waals surface area contributed by atoms with Gasteiger partial charge in [0.2, 0.25) is 0 Å². The van der Waals surface area contributed by atoms with Crippen molar-refractivity contribution in [3.63, 3.8) is 0 Å². The van der Waals surface area contributed by atoms with E-state index in [2.05, 4.69) is 16.6 Å². The van der Waals surface area contributed by atoms with E-state index < -0.39 is 0 Å². The number of nitrogens with zero attached hydrogens (tertiary/aromatic N) is 1. The van der Waals surface area contributed by atoms with E-state index in [0.717, 1.165) is 18.8 Å². The molecule has 4 heteroatoms. The summed E-state index contributed by atoms with van der Waals surface area (Å²) in [5.41, 5.74) is 6.42. The van der Waals surface area contributed by atoms with Gasteiger partial charge in [-0.25, -0.2) is 4.98 Å². The van der Waals surface area contributed by atoms with E-state index in [1.807, 2.05) is 23.9 Å². The minimum absolute atomic E-state index is 0.714. The van der Waals surface area contributed by atoms with Gasteiger partial charge in [0.15, 0.2) is 0 Å². The van der Waals surface area contributed by atoms with Crippen LogP contribution in [0.3, 0.4) is 0 Å². The number of hydrogen-bond donors (Lipinski definition) is 2. The SMILES string of the molecule is CSCCCNc1ncccc1N. The first kappa shape index (κ1) is 10.2. The van der Waals surface area contributed by atoms with Crippen LogP contribution in [0.1, 0.15) is 6.42 Å². The summed E-state index contributed by atoms with van der Waals surface area (Å²) in [7, 11) is 0. The van der Waals surface area contributed by atoms with E-state index in [9.17, 15) is 0 Å². The van der Waals surface area contributed by atoms with Crippen LogP contribution < -0.4 is 11.1 Å². The number of thioether (sulfide) groups is 1. The van der Waals surface area contributed by atoms with Crippen molar-refractivity contribution in [1.82, 2.24) is 4.98 Å². The first-order valence-electron chi connectivity index (χ1n) is 4.28. The quantitative estimate of drug-likeness (QED) is 0.707. The Morgan fingerprint density at radius 3 is 3.15 bits per heavy atom. The molecule has 1 aromatic heterocycles. The Bertz CT molecular complexity index is 252. The van der Waals surface area contributed by atoms with Gasteiger partial charge in [-0.2, -0.15) is 11.8 Å². The highest BCUT2D eigenvalue weighted by molar-refractivity contribution is 7.98. The van der Waals surface area contributed by atoms with Crippen molar-refractivity contribution in [3.8, 4) is 0 Å². The molecular formula is C9H15N3S. The molecule has 0 aliphatic heterocycles. The predicted octanol–water partition coefficient (Wildman–Crippen LogP) is 1.83. The molecule has 72 valence electrons. The summed E-state index contributed by atoms with van der Waals surface area (Å²) in [4.78, 5) is 4.13. The average Bonchev–Trinajstić information content (AvgIpc) is 2.15. The number of aromatic nitrogens is 1. The Balaban J connectivity index is 2.32. The largest absolute Gasteiger partial charge is 0.396 e. The van der Waals surface area contributed by atoms with E-state index in [-0.39, 0.29) is 0 Å². The monoisotopic (exact) mass is 197 g/mol. The molecule has 0 spiro atoms. The second-order valence-corrected chi connectivity index (χ2v) is 3.70. The molecule has 1 heterocycles. The van der Waals surface area contributed by atoms with Crippen LogP contribution in [0.5, 0.6) is 0 Å². The molecule has 3 nitrogen and oxygen atoms in total. The van der Waals surface area contributed by atoms with E-state index in [0.29, 0.717) is 5.69 Å². The van der Waals surface area contributed by atoms with Gasteiger partial charge in [0.05, 0.1) is 5.69 Å². The summed E-state index contributed by atoms with van der Waals surface area (Å²) in [6, 6.07) is 3.69. The molecule has 0 aromatic carbocycles. The second kappa shape index (κ2) is 5.70. The number of nitrogen functional groups attached to an aromatic ring is 1. The van der Waals surface area contributed by atoms with Crippen LogP contribution in [0.15, 0.2) is 18.3 Å². The van der Waals surface area contributed by atoms with E-state index in [4.69, 9.17) is 5.73 Å². The molecule has 0 unspecified atom stereocenters. The van der Waals surface area contributed by atoms with Gasteiger partial charge >= 0.3 is 0 Å².